The molecule has 0 aliphatic carbocycles. The number of anilines is 1. The molecule has 2 aromatic heterocycles. The highest BCUT2D eigenvalue weighted by molar-refractivity contribution is 5.71. The number of aliphatic hydroxyl groups is 1. The molecule has 0 bridgehead atoms. The fourth-order valence-electron chi connectivity index (χ4n) is 1.66. The number of pyridine rings is 1. The van der Waals surface area contributed by atoms with Crippen LogP contribution in [0.2, 0.25) is 0 Å². The van der Waals surface area contributed by atoms with Gasteiger partial charge in [-0.3, -0.25) is 4.98 Å². The van der Waals surface area contributed by atoms with Gasteiger partial charge >= 0.3 is 0 Å². The van der Waals surface area contributed by atoms with Crippen LogP contribution in [0, 0.1) is 0 Å². The van der Waals surface area contributed by atoms with Crippen molar-refractivity contribution < 1.29 is 5.11 Å². The third kappa shape index (κ3) is 1.41. The molecule has 3 rings (SSSR count). The molecule has 0 radical (unpaired) electrons. The topological polar surface area (TPSA) is 62.1 Å². The molecule has 5 nitrogen and oxygen atoms in total. The van der Waals surface area contributed by atoms with Gasteiger partial charge in [-0.05, 0) is 12.1 Å². The normalized spacial score (nSPS) is 16.7. The summed E-state index contributed by atoms with van der Waals surface area (Å²) in [4.78, 5) is 14.7. The molecule has 0 saturated carbocycles. The molecule has 0 amide bonds. The Morgan fingerprint density at radius 1 is 1.20 bits per heavy atom. The molecule has 2 aromatic rings. The molecular weight excluding hydrogens is 192 g/mol. The lowest BCUT2D eigenvalue weighted by molar-refractivity contribution is 0.141. The molecule has 0 spiro atoms. The van der Waals surface area contributed by atoms with E-state index in [1.54, 1.807) is 12.4 Å². The van der Waals surface area contributed by atoms with Gasteiger partial charge in [0, 0.05) is 25.5 Å². The van der Waals surface area contributed by atoms with E-state index >= 15 is 0 Å². The maximum atomic E-state index is 9.20. The number of fused-ring (bicyclic) bond motifs is 1. The van der Waals surface area contributed by atoms with Gasteiger partial charge in [-0.15, -0.1) is 0 Å². The summed E-state index contributed by atoms with van der Waals surface area (Å²) in [5, 5.41) is 9.20. The van der Waals surface area contributed by atoms with Crippen LogP contribution in [0.5, 0.6) is 0 Å². The van der Waals surface area contributed by atoms with E-state index in [0.29, 0.717) is 18.7 Å². The van der Waals surface area contributed by atoms with E-state index in [0.717, 1.165) is 11.3 Å². The highest BCUT2D eigenvalue weighted by Gasteiger charge is 2.25. The Bertz CT molecular complexity index is 496. The Labute approximate surface area is 86.4 Å². The number of β-amino-alcohol motifs (C(OH)–C–C–N with tert-alkyl or cyclic N) is 1. The number of hydrogen-bond donors (Lipinski definition) is 1. The number of nitrogens with zero attached hydrogens (tertiary/aromatic N) is 4. The molecule has 0 aromatic carbocycles. The molecular formula is C10H10N4O. The highest BCUT2D eigenvalue weighted by Crippen LogP contribution is 2.19. The Morgan fingerprint density at radius 2 is 2.00 bits per heavy atom. The summed E-state index contributed by atoms with van der Waals surface area (Å²) in [6.45, 7) is 1.30. The maximum absolute atomic E-state index is 9.20. The van der Waals surface area contributed by atoms with Crippen LogP contribution in [-0.2, 0) is 0 Å². The van der Waals surface area contributed by atoms with Crippen molar-refractivity contribution in [3.8, 4) is 0 Å². The molecule has 76 valence electrons. The first-order valence-electron chi connectivity index (χ1n) is 4.84. The van der Waals surface area contributed by atoms with E-state index < -0.39 is 0 Å². The van der Waals surface area contributed by atoms with Crippen LogP contribution in [0.3, 0.4) is 0 Å². The van der Waals surface area contributed by atoms with Crippen LogP contribution in [0.1, 0.15) is 0 Å². The number of aromatic nitrogens is 3. The van der Waals surface area contributed by atoms with Crippen molar-refractivity contribution in [2.45, 2.75) is 6.10 Å². The Balaban J connectivity index is 1.99. The third-order valence-electron chi connectivity index (χ3n) is 2.50. The summed E-state index contributed by atoms with van der Waals surface area (Å²) in [6.07, 6.45) is 3.06. The van der Waals surface area contributed by atoms with Gasteiger partial charge in [-0.25, -0.2) is 9.97 Å². The van der Waals surface area contributed by atoms with Gasteiger partial charge in [0.25, 0.3) is 0 Å². The van der Waals surface area contributed by atoms with Crippen LogP contribution in [0.15, 0.2) is 24.5 Å². The van der Waals surface area contributed by atoms with Crippen molar-refractivity contribution in [1.29, 1.82) is 0 Å². The average molecular weight is 202 g/mol. The van der Waals surface area contributed by atoms with Crippen LogP contribution < -0.4 is 4.90 Å². The molecule has 1 aliphatic rings. The first-order chi connectivity index (χ1) is 7.33. The van der Waals surface area contributed by atoms with Gasteiger partial charge in [0.1, 0.15) is 11.3 Å². The van der Waals surface area contributed by atoms with E-state index in [9.17, 15) is 5.11 Å². The van der Waals surface area contributed by atoms with Gasteiger partial charge < -0.3 is 10.0 Å². The summed E-state index contributed by atoms with van der Waals surface area (Å²) in [7, 11) is 0. The number of aliphatic hydroxyl groups excluding tert-OH is 1. The van der Waals surface area contributed by atoms with Crippen molar-refractivity contribution in [3.05, 3.63) is 24.5 Å². The minimum Gasteiger partial charge on any atom is -0.389 e. The number of hydrogen-bond acceptors (Lipinski definition) is 5. The first-order valence-corrected chi connectivity index (χ1v) is 4.84. The lowest BCUT2D eigenvalue weighted by Gasteiger charge is -2.36. The lowest BCUT2D eigenvalue weighted by atomic mass is 10.2. The van der Waals surface area contributed by atoms with E-state index in [1.165, 1.54) is 0 Å². The zero-order chi connectivity index (χ0) is 10.3. The van der Waals surface area contributed by atoms with E-state index in [1.807, 2.05) is 17.0 Å². The molecule has 15 heavy (non-hydrogen) atoms. The maximum Gasteiger partial charge on any atom is 0.180 e. The van der Waals surface area contributed by atoms with Gasteiger partial charge in [0.2, 0.25) is 0 Å². The van der Waals surface area contributed by atoms with Gasteiger partial charge in [0.15, 0.2) is 5.65 Å². The standard InChI is InChI=1S/C10H10N4O/c15-7-5-14(6-7)9-2-1-8-10(13-9)12-4-3-11-8/h1-4,7,15H,5-6H2. The molecule has 3 heterocycles. The smallest absolute Gasteiger partial charge is 0.180 e. The summed E-state index contributed by atoms with van der Waals surface area (Å²) in [6, 6.07) is 3.80. The van der Waals surface area contributed by atoms with Gasteiger partial charge in [0.05, 0.1) is 6.10 Å². The van der Waals surface area contributed by atoms with Crippen molar-refractivity contribution >= 4 is 17.0 Å². The first kappa shape index (κ1) is 8.55. The van der Waals surface area contributed by atoms with E-state index in [2.05, 4.69) is 15.0 Å². The Kier molecular flexibility index (Phi) is 1.78. The van der Waals surface area contributed by atoms with Crippen molar-refractivity contribution in [1.82, 2.24) is 15.0 Å². The van der Waals surface area contributed by atoms with Crippen molar-refractivity contribution in [2.75, 3.05) is 18.0 Å². The fourth-order valence-corrected chi connectivity index (χ4v) is 1.66. The van der Waals surface area contributed by atoms with Crippen LogP contribution >= 0.6 is 0 Å². The zero-order valence-electron chi connectivity index (χ0n) is 8.04. The van der Waals surface area contributed by atoms with Gasteiger partial charge in [-0.2, -0.15) is 0 Å². The molecule has 1 N–H and O–H groups in total. The Hall–Kier alpha value is -1.75. The van der Waals surface area contributed by atoms with Crippen molar-refractivity contribution in [3.63, 3.8) is 0 Å². The predicted molar refractivity (Wildman–Crippen MR) is 55.6 cm³/mol. The molecule has 0 atom stereocenters. The van der Waals surface area contributed by atoms with Gasteiger partial charge in [-0.1, -0.05) is 0 Å². The quantitative estimate of drug-likeness (QED) is 0.716. The average Bonchev–Trinajstić information content (AvgIpc) is 2.24. The largest absolute Gasteiger partial charge is 0.389 e. The second kappa shape index (κ2) is 3.13. The van der Waals surface area contributed by atoms with Crippen LogP contribution in [0.25, 0.3) is 11.2 Å². The molecule has 1 saturated heterocycles. The molecule has 1 aliphatic heterocycles. The molecule has 0 unspecified atom stereocenters. The van der Waals surface area contributed by atoms with E-state index in [4.69, 9.17) is 0 Å². The molecule has 5 heteroatoms. The summed E-state index contributed by atoms with van der Waals surface area (Å²) < 4.78 is 0. The predicted octanol–water partition coefficient (Wildman–Crippen LogP) is 0.206. The monoisotopic (exact) mass is 202 g/mol. The minimum absolute atomic E-state index is 0.218. The van der Waals surface area contributed by atoms with E-state index in [-0.39, 0.29) is 6.10 Å². The zero-order valence-corrected chi connectivity index (χ0v) is 8.04. The second-order valence-corrected chi connectivity index (χ2v) is 3.63. The SMILES string of the molecule is OC1CN(c2ccc3nccnc3n2)C1. The molecule has 1 fully saturated rings. The second-order valence-electron chi connectivity index (χ2n) is 3.63. The summed E-state index contributed by atoms with van der Waals surface area (Å²) >= 11 is 0. The van der Waals surface area contributed by atoms with Crippen LogP contribution in [-0.4, -0.2) is 39.3 Å². The summed E-state index contributed by atoms with van der Waals surface area (Å²) in [5.74, 6) is 0.855. The van der Waals surface area contributed by atoms with Crippen molar-refractivity contribution in [2.24, 2.45) is 0 Å². The van der Waals surface area contributed by atoms with Crippen LogP contribution in [0.4, 0.5) is 5.82 Å². The number of rotatable bonds is 1. The lowest BCUT2D eigenvalue weighted by Crippen LogP contribution is -2.51. The summed E-state index contributed by atoms with van der Waals surface area (Å²) in [5.41, 5.74) is 1.44. The Morgan fingerprint density at radius 3 is 2.80 bits per heavy atom. The minimum atomic E-state index is -0.218. The third-order valence-corrected chi connectivity index (χ3v) is 2.50. The highest BCUT2D eigenvalue weighted by atomic mass is 16.3. The fraction of sp³-hybridized carbons (Fsp3) is 0.300.